The van der Waals surface area contributed by atoms with Crippen molar-refractivity contribution in [2.45, 2.75) is 26.3 Å². The molecule has 8 heteroatoms. The molecule has 2 rings (SSSR count). The maximum atomic E-state index is 11.9. The zero-order valence-corrected chi connectivity index (χ0v) is 12.4. The summed E-state index contributed by atoms with van der Waals surface area (Å²) < 4.78 is 5.90. The second-order valence-electron chi connectivity index (χ2n) is 5.46. The largest absolute Gasteiger partial charge is 0.454 e. The van der Waals surface area contributed by atoms with Crippen LogP contribution in [0.2, 0.25) is 0 Å². The minimum absolute atomic E-state index is 0.228. The van der Waals surface area contributed by atoms with Crippen LogP contribution in [0.1, 0.15) is 19.8 Å². The van der Waals surface area contributed by atoms with E-state index in [9.17, 15) is 19.2 Å². The number of carbonyl (C=O) groups is 2. The molecule has 0 radical (unpaired) electrons. The number of carbonyl (C=O) groups excluding carboxylic acids is 2. The van der Waals surface area contributed by atoms with E-state index in [2.05, 4.69) is 6.92 Å². The number of amides is 1. The Labute approximate surface area is 126 Å². The van der Waals surface area contributed by atoms with E-state index in [0.717, 1.165) is 23.5 Å². The number of rotatable bonds is 4. The van der Waals surface area contributed by atoms with Gasteiger partial charge in [-0.1, -0.05) is 6.92 Å². The van der Waals surface area contributed by atoms with E-state index in [1.54, 1.807) is 4.90 Å². The maximum Gasteiger partial charge on any atom is 0.328 e. The summed E-state index contributed by atoms with van der Waals surface area (Å²) in [6.07, 6.45) is 3.11. The van der Waals surface area contributed by atoms with Gasteiger partial charge in [0.2, 0.25) is 0 Å². The van der Waals surface area contributed by atoms with E-state index in [4.69, 9.17) is 4.74 Å². The number of nitrogens with one attached hydrogen (secondary N) is 1. The number of likely N-dealkylation sites (tertiary alicyclic amines) is 1. The molecule has 0 aromatic carbocycles. The van der Waals surface area contributed by atoms with Crippen LogP contribution >= 0.6 is 0 Å². The summed E-state index contributed by atoms with van der Waals surface area (Å²) >= 11 is 0. The summed E-state index contributed by atoms with van der Waals surface area (Å²) in [5, 5.41) is 0. The van der Waals surface area contributed by atoms with Crippen molar-refractivity contribution in [3.05, 3.63) is 33.1 Å². The molecule has 1 aromatic heterocycles. The first-order valence-electron chi connectivity index (χ1n) is 7.19. The standard InChI is InChI=1S/C14H19N3O5/c1-10-2-5-16(6-3-10)12(19)9-22-13(20)8-17-7-4-11(18)15-14(17)21/h4,7,10H,2-3,5-6,8-9H2,1H3,(H,15,18,21). The summed E-state index contributed by atoms with van der Waals surface area (Å²) in [7, 11) is 0. The van der Waals surface area contributed by atoms with Gasteiger partial charge in [-0.05, 0) is 18.8 Å². The Morgan fingerprint density at radius 2 is 2.00 bits per heavy atom. The molecule has 22 heavy (non-hydrogen) atoms. The van der Waals surface area contributed by atoms with Crippen LogP contribution < -0.4 is 11.2 Å². The van der Waals surface area contributed by atoms with Crippen molar-refractivity contribution < 1.29 is 14.3 Å². The highest BCUT2D eigenvalue weighted by atomic mass is 16.5. The lowest BCUT2D eigenvalue weighted by Crippen LogP contribution is -2.40. The van der Waals surface area contributed by atoms with Gasteiger partial charge in [0, 0.05) is 25.4 Å². The molecule has 0 saturated carbocycles. The molecular formula is C14H19N3O5. The molecule has 1 aliphatic rings. The van der Waals surface area contributed by atoms with Crippen molar-refractivity contribution in [1.82, 2.24) is 14.5 Å². The quantitative estimate of drug-likeness (QED) is 0.744. The molecule has 1 aliphatic heterocycles. The number of H-pyrrole nitrogens is 1. The molecule has 0 atom stereocenters. The van der Waals surface area contributed by atoms with Gasteiger partial charge in [-0.15, -0.1) is 0 Å². The lowest BCUT2D eigenvalue weighted by Gasteiger charge is -2.30. The Bertz CT molecular complexity index is 655. The number of esters is 1. The fraction of sp³-hybridized carbons (Fsp3) is 0.571. The number of hydrogen-bond acceptors (Lipinski definition) is 5. The van der Waals surface area contributed by atoms with E-state index in [1.807, 2.05) is 4.98 Å². The molecule has 0 bridgehead atoms. The molecule has 2 heterocycles. The van der Waals surface area contributed by atoms with Crippen molar-refractivity contribution >= 4 is 11.9 Å². The lowest BCUT2D eigenvalue weighted by atomic mass is 9.99. The topological polar surface area (TPSA) is 101 Å². The maximum absolute atomic E-state index is 11.9. The third kappa shape index (κ3) is 4.31. The fourth-order valence-corrected chi connectivity index (χ4v) is 2.24. The van der Waals surface area contributed by atoms with E-state index in [-0.39, 0.29) is 19.1 Å². The van der Waals surface area contributed by atoms with E-state index >= 15 is 0 Å². The molecule has 0 unspecified atom stereocenters. The molecular weight excluding hydrogens is 290 g/mol. The zero-order chi connectivity index (χ0) is 16.1. The van der Waals surface area contributed by atoms with Crippen molar-refractivity contribution in [2.75, 3.05) is 19.7 Å². The zero-order valence-electron chi connectivity index (χ0n) is 12.4. The second kappa shape index (κ2) is 7.06. The SMILES string of the molecule is CC1CCN(C(=O)COC(=O)Cn2ccc(=O)[nH]c2=O)CC1. The number of piperidine rings is 1. The number of nitrogens with zero attached hydrogens (tertiary/aromatic N) is 2. The van der Waals surface area contributed by atoms with Gasteiger partial charge in [0.1, 0.15) is 6.54 Å². The summed E-state index contributed by atoms with van der Waals surface area (Å²) in [4.78, 5) is 49.6. The molecule has 1 N–H and O–H groups in total. The van der Waals surface area contributed by atoms with Crippen LogP contribution in [0, 0.1) is 5.92 Å². The van der Waals surface area contributed by atoms with Gasteiger partial charge < -0.3 is 9.64 Å². The lowest BCUT2D eigenvalue weighted by molar-refractivity contribution is -0.153. The smallest absolute Gasteiger partial charge is 0.328 e. The fourth-order valence-electron chi connectivity index (χ4n) is 2.24. The van der Waals surface area contributed by atoms with Crippen molar-refractivity contribution in [3.8, 4) is 0 Å². The van der Waals surface area contributed by atoms with Crippen LogP contribution in [0.15, 0.2) is 21.9 Å². The van der Waals surface area contributed by atoms with E-state index in [0.29, 0.717) is 19.0 Å². The highest BCUT2D eigenvalue weighted by Crippen LogP contribution is 2.15. The monoisotopic (exact) mass is 309 g/mol. The van der Waals surface area contributed by atoms with E-state index in [1.165, 1.54) is 6.20 Å². The van der Waals surface area contributed by atoms with Crippen LogP contribution in [0.5, 0.6) is 0 Å². The highest BCUT2D eigenvalue weighted by molar-refractivity contribution is 5.80. The minimum Gasteiger partial charge on any atom is -0.454 e. The molecule has 0 spiro atoms. The molecule has 0 aliphatic carbocycles. The number of ether oxygens (including phenoxy) is 1. The molecule has 1 saturated heterocycles. The Balaban J connectivity index is 1.81. The Kier molecular flexibility index (Phi) is 5.13. The molecule has 120 valence electrons. The molecule has 1 amide bonds. The predicted octanol–water partition coefficient (Wildman–Crippen LogP) is -0.662. The van der Waals surface area contributed by atoms with Crippen LogP contribution in [0.25, 0.3) is 0 Å². The third-order valence-corrected chi connectivity index (χ3v) is 3.69. The number of aromatic amines is 1. The Hall–Kier alpha value is -2.38. The van der Waals surface area contributed by atoms with Gasteiger partial charge in [0.25, 0.3) is 11.5 Å². The van der Waals surface area contributed by atoms with Crippen molar-refractivity contribution in [1.29, 1.82) is 0 Å². The normalized spacial score (nSPS) is 15.6. The summed E-state index contributed by atoms with van der Waals surface area (Å²) in [6, 6.07) is 1.13. The van der Waals surface area contributed by atoms with Crippen LogP contribution in [-0.4, -0.2) is 46.0 Å². The van der Waals surface area contributed by atoms with Crippen molar-refractivity contribution in [3.63, 3.8) is 0 Å². The summed E-state index contributed by atoms with van der Waals surface area (Å²) in [5.74, 6) is -0.319. The minimum atomic E-state index is -0.701. The highest BCUT2D eigenvalue weighted by Gasteiger charge is 2.21. The average Bonchev–Trinajstić information content (AvgIpc) is 2.48. The van der Waals surface area contributed by atoms with Gasteiger partial charge in [-0.3, -0.25) is 23.9 Å². The molecule has 8 nitrogen and oxygen atoms in total. The van der Waals surface area contributed by atoms with E-state index < -0.39 is 17.2 Å². The first-order valence-corrected chi connectivity index (χ1v) is 7.19. The number of hydrogen-bond donors (Lipinski definition) is 1. The van der Waals surface area contributed by atoms with Gasteiger partial charge in [-0.25, -0.2) is 4.79 Å². The molecule has 1 aromatic rings. The average molecular weight is 309 g/mol. The van der Waals surface area contributed by atoms with Crippen LogP contribution in [-0.2, 0) is 20.9 Å². The third-order valence-electron chi connectivity index (χ3n) is 3.69. The Morgan fingerprint density at radius 1 is 1.32 bits per heavy atom. The van der Waals surface area contributed by atoms with Gasteiger partial charge >= 0.3 is 11.7 Å². The van der Waals surface area contributed by atoms with Crippen LogP contribution in [0.3, 0.4) is 0 Å². The first kappa shape index (κ1) is 16.0. The summed E-state index contributed by atoms with van der Waals surface area (Å²) in [5.41, 5.74) is -1.23. The first-order chi connectivity index (χ1) is 10.5. The summed E-state index contributed by atoms with van der Waals surface area (Å²) in [6.45, 7) is 2.82. The van der Waals surface area contributed by atoms with Gasteiger partial charge in [0.15, 0.2) is 6.61 Å². The molecule has 1 fully saturated rings. The number of aromatic nitrogens is 2. The predicted molar refractivity (Wildman–Crippen MR) is 77.3 cm³/mol. The van der Waals surface area contributed by atoms with Crippen molar-refractivity contribution in [2.24, 2.45) is 5.92 Å². The van der Waals surface area contributed by atoms with Crippen LogP contribution in [0.4, 0.5) is 0 Å². The second-order valence-corrected chi connectivity index (χ2v) is 5.46. The van der Waals surface area contributed by atoms with Gasteiger partial charge in [-0.2, -0.15) is 0 Å². The Morgan fingerprint density at radius 3 is 2.64 bits per heavy atom. The van der Waals surface area contributed by atoms with Gasteiger partial charge in [0.05, 0.1) is 0 Å².